The van der Waals surface area contributed by atoms with Gasteiger partial charge in [0.05, 0.1) is 13.2 Å². The topological polar surface area (TPSA) is 42.4 Å². The van der Waals surface area contributed by atoms with Gasteiger partial charge in [0.1, 0.15) is 5.15 Å². The van der Waals surface area contributed by atoms with Gasteiger partial charge in [0.2, 0.25) is 5.91 Å². The number of benzene rings is 1. The van der Waals surface area contributed by atoms with Crippen LogP contribution in [0.4, 0.5) is 0 Å². The molecule has 5 heteroatoms. The molecule has 0 atom stereocenters. The number of carbonyl (C=O) groups is 1. The van der Waals surface area contributed by atoms with Crippen LogP contribution >= 0.6 is 11.6 Å². The summed E-state index contributed by atoms with van der Waals surface area (Å²) in [6.45, 7) is 8.94. The Kier molecular flexibility index (Phi) is 5.98. The Morgan fingerprint density at radius 2 is 1.78 bits per heavy atom. The summed E-state index contributed by atoms with van der Waals surface area (Å²) in [7, 11) is 0. The third-order valence-corrected chi connectivity index (χ3v) is 4.90. The van der Waals surface area contributed by atoms with Gasteiger partial charge in [-0.1, -0.05) is 56.6 Å². The molecule has 0 unspecified atom stereocenters. The molecule has 142 valence electrons. The first kappa shape index (κ1) is 19.6. The van der Waals surface area contributed by atoms with Gasteiger partial charge in [0.15, 0.2) is 0 Å². The van der Waals surface area contributed by atoms with Crippen molar-refractivity contribution in [3.63, 3.8) is 0 Å². The van der Waals surface area contributed by atoms with E-state index in [2.05, 4.69) is 50.0 Å². The monoisotopic (exact) mass is 384 g/mol. The molecule has 0 spiro atoms. The van der Waals surface area contributed by atoms with Gasteiger partial charge in [-0.3, -0.25) is 4.79 Å². The normalized spacial score (nSPS) is 15.7. The second kappa shape index (κ2) is 8.24. The van der Waals surface area contributed by atoms with Crippen LogP contribution in [-0.4, -0.2) is 42.1 Å². The first-order valence-electron chi connectivity index (χ1n) is 9.16. The van der Waals surface area contributed by atoms with E-state index in [9.17, 15) is 4.79 Å². The number of hydrogen-bond donors (Lipinski definition) is 0. The number of pyridine rings is 1. The maximum Gasteiger partial charge on any atom is 0.247 e. The molecule has 1 aliphatic rings. The Bertz CT molecular complexity index is 832. The molecule has 4 nitrogen and oxygen atoms in total. The molecular weight excluding hydrogens is 360 g/mol. The quantitative estimate of drug-likeness (QED) is 0.584. The highest BCUT2D eigenvalue weighted by molar-refractivity contribution is 6.29. The van der Waals surface area contributed by atoms with E-state index in [0.717, 1.165) is 16.7 Å². The summed E-state index contributed by atoms with van der Waals surface area (Å²) in [5.74, 6) is -0.0128. The van der Waals surface area contributed by atoms with E-state index in [4.69, 9.17) is 16.3 Å². The Morgan fingerprint density at radius 1 is 1.11 bits per heavy atom. The lowest BCUT2D eigenvalue weighted by Crippen LogP contribution is -2.39. The number of carbonyl (C=O) groups excluding carboxylic acids is 1. The van der Waals surface area contributed by atoms with Crippen molar-refractivity contribution in [3.05, 3.63) is 70.5 Å². The molecular formula is C22H25ClN2O2. The minimum Gasteiger partial charge on any atom is -0.378 e. The number of nitrogens with zero attached hydrogens (tertiary/aromatic N) is 2. The van der Waals surface area contributed by atoms with Gasteiger partial charge in [-0.25, -0.2) is 4.98 Å². The summed E-state index contributed by atoms with van der Waals surface area (Å²) in [5, 5.41) is 0.406. The fraction of sp³-hybridized carbons (Fsp3) is 0.364. The summed E-state index contributed by atoms with van der Waals surface area (Å²) < 4.78 is 5.34. The third kappa shape index (κ3) is 4.96. The van der Waals surface area contributed by atoms with Crippen LogP contribution in [-0.2, 0) is 14.9 Å². The molecule has 1 saturated heterocycles. The van der Waals surface area contributed by atoms with Crippen LogP contribution in [0, 0.1) is 0 Å². The number of ether oxygens (including phenoxy) is 1. The van der Waals surface area contributed by atoms with Gasteiger partial charge >= 0.3 is 0 Å². The predicted molar refractivity (Wildman–Crippen MR) is 109 cm³/mol. The highest BCUT2D eigenvalue weighted by Gasteiger charge is 2.18. The lowest BCUT2D eigenvalue weighted by Gasteiger charge is -2.26. The number of rotatable bonds is 3. The van der Waals surface area contributed by atoms with E-state index in [1.54, 1.807) is 18.3 Å². The van der Waals surface area contributed by atoms with E-state index in [1.165, 1.54) is 5.56 Å². The van der Waals surface area contributed by atoms with Crippen LogP contribution in [0.2, 0.25) is 5.15 Å². The minimum absolute atomic E-state index is 0.0128. The smallest absolute Gasteiger partial charge is 0.247 e. The Morgan fingerprint density at radius 3 is 2.37 bits per heavy atom. The van der Waals surface area contributed by atoms with Gasteiger partial charge in [-0.15, -0.1) is 0 Å². The summed E-state index contributed by atoms with van der Waals surface area (Å²) in [4.78, 5) is 18.7. The number of halogens is 1. The van der Waals surface area contributed by atoms with Crippen molar-refractivity contribution in [2.45, 2.75) is 26.2 Å². The molecule has 0 aliphatic carbocycles. The standard InChI is InChI=1S/C22H25ClN2O2/c1-22(2,3)18-6-4-16(5-7-18)19(17-8-9-24-20(23)14-17)15-21(26)25-10-12-27-13-11-25/h4-9,14-15H,10-13H2,1-3H3. The van der Waals surface area contributed by atoms with E-state index in [1.807, 2.05) is 11.0 Å². The molecule has 27 heavy (non-hydrogen) atoms. The van der Waals surface area contributed by atoms with Crippen LogP contribution < -0.4 is 0 Å². The highest BCUT2D eigenvalue weighted by atomic mass is 35.5. The van der Waals surface area contributed by atoms with Gasteiger partial charge in [0, 0.05) is 25.4 Å². The van der Waals surface area contributed by atoms with Crippen LogP contribution in [0.15, 0.2) is 48.7 Å². The SMILES string of the molecule is CC(C)(C)c1ccc(C(=CC(=O)N2CCOCC2)c2ccnc(Cl)c2)cc1. The van der Waals surface area contributed by atoms with E-state index in [0.29, 0.717) is 31.5 Å². The number of amides is 1. The van der Waals surface area contributed by atoms with Crippen molar-refractivity contribution in [2.24, 2.45) is 0 Å². The molecule has 1 amide bonds. The predicted octanol–water partition coefficient (Wildman–Crippen LogP) is 4.32. The fourth-order valence-electron chi connectivity index (χ4n) is 3.05. The largest absolute Gasteiger partial charge is 0.378 e. The summed E-state index contributed by atoms with van der Waals surface area (Å²) in [5.41, 5.74) is 4.02. The summed E-state index contributed by atoms with van der Waals surface area (Å²) >= 11 is 6.10. The Hall–Kier alpha value is -2.17. The molecule has 0 N–H and O–H groups in total. The molecule has 1 aromatic heterocycles. The van der Waals surface area contributed by atoms with Crippen molar-refractivity contribution in [1.82, 2.24) is 9.88 Å². The molecule has 0 saturated carbocycles. The molecule has 2 heterocycles. The Balaban J connectivity index is 1.99. The van der Waals surface area contributed by atoms with Crippen LogP contribution in [0.25, 0.3) is 5.57 Å². The lowest BCUT2D eigenvalue weighted by atomic mass is 9.85. The number of morpholine rings is 1. The van der Waals surface area contributed by atoms with Gasteiger partial charge in [0.25, 0.3) is 0 Å². The van der Waals surface area contributed by atoms with Crippen molar-refractivity contribution in [2.75, 3.05) is 26.3 Å². The first-order valence-corrected chi connectivity index (χ1v) is 9.53. The van der Waals surface area contributed by atoms with Gasteiger partial charge in [-0.2, -0.15) is 0 Å². The van der Waals surface area contributed by atoms with Crippen LogP contribution in [0.1, 0.15) is 37.5 Å². The molecule has 0 radical (unpaired) electrons. The van der Waals surface area contributed by atoms with Crippen molar-refractivity contribution >= 4 is 23.1 Å². The van der Waals surface area contributed by atoms with Gasteiger partial charge in [-0.05, 0) is 39.8 Å². The number of hydrogen-bond acceptors (Lipinski definition) is 3. The molecule has 0 bridgehead atoms. The molecule has 1 aromatic carbocycles. The first-order chi connectivity index (χ1) is 12.8. The molecule has 1 fully saturated rings. The fourth-order valence-corrected chi connectivity index (χ4v) is 3.23. The number of aromatic nitrogens is 1. The average Bonchev–Trinajstić information content (AvgIpc) is 2.66. The molecule has 3 rings (SSSR count). The zero-order valence-electron chi connectivity index (χ0n) is 16.0. The molecule has 1 aliphatic heterocycles. The Labute approximate surface area is 165 Å². The average molecular weight is 385 g/mol. The second-order valence-corrected chi connectivity index (χ2v) is 8.08. The second-order valence-electron chi connectivity index (χ2n) is 7.69. The lowest BCUT2D eigenvalue weighted by molar-refractivity contribution is -0.129. The third-order valence-electron chi connectivity index (χ3n) is 4.69. The van der Waals surface area contributed by atoms with Crippen LogP contribution in [0.5, 0.6) is 0 Å². The van der Waals surface area contributed by atoms with E-state index < -0.39 is 0 Å². The maximum absolute atomic E-state index is 12.8. The van der Waals surface area contributed by atoms with Crippen molar-refractivity contribution in [3.8, 4) is 0 Å². The van der Waals surface area contributed by atoms with E-state index in [-0.39, 0.29) is 11.3 Å². The van der Waals surface area contributed by atoms with Crippen LogP contribution in [0.3, 0.4) is 0 Å². The summed E-state index contributed by atoms with van der Waals surface area (Å²) in [6, 6.07) is 12.0. The van der Waals surface area contributed by atoms with Gasteiger partial charge < -0.3 is 9.64 Å². The maximum atomic E-state index is 12.8. The minimum atomic E-state index is -0.0128. The van der Waals surface area contributed by atoms with Crippen molar-refractivity contribution in [1.29, 1.82) is 0 Å². The zero-order chi connectivity index (χ0) is 19.4. The van der Waals surface area contributed by atoms with E-state index >= 15 is 0 Å². The van der Waals surface area contributed by atoms with Crippen molar-refractivity contribution < 1.29 is 9.53 Å². The highest BCUT2D eigenvalue weighted by Crippen LogP contribution is 2.28. The zero-order valence-corrected chi connectivity index (χ0v) is 16.8. The molecule has 2 aromatic rings. The summed E-state index contributed by atoms with van der Waals surface area (Å²) in [6.07, 6.45) is 3.36.